The van der Waals surface area contributed by atoms with E-state index in [9.17, 15) is 8.42 Å². The Morgan fingerprint density at radius 3 is 2.57 bits per heavy atom. The van der Waals surface area contributed by atoms with Gasteiger partial charge in [-0.05, 0) is 12.1 Å². The molecule has 0 radical (unpaired) electrons. The summed E-state index contributed by atoms with van der Waals surface area (Å²) in [6.45, 7) is 0. The Labute approximate surface area is 82.9 Å². The van der Waals surface area contributed by atoms with Gasteiger partial charge in [-0.3, -0.25) is 9.30 Å². The maximum absolute atomic E-state index is 11.8. The van der Waals surface area contributed by atoms with Gasteiger partial charge in [-0.25, -0.2) is 8.42 Å². The van der Waals surface area contributed by atoms with E-state index in [0.29, 0.717) is 16.3 Å². The molecule has 0 spiro atoms. The molecule has 0 unspecified atom stereocenters. The molecule has 0 atom stereocenters. The maximum atomic E-state index is 11.8. The lowest BCUT2D eigenvalue weighted by atomic mass is 10.2. The molecule has 2 rings (SSSR count). The number of hydrogen-bond acceptors (Lipinski definition) is 3. The molecule has 14 heavy (non-hydrogen) atoms. The number of hydrogen-bond donors (Lipinski definition) is 0. The minimum atomic E-state index is -3.34. The summed E-state index contributed by atoms with van der Waals surface area (Å²) in [4.78, 5) is 4.31. The van der Waals surface area contributed by atoms with Gasteiger partial charge in [0.15, 0.2) is 0 Å². The van der Waals surface area contributed by atoms with Crippen LogP contribution in [0, 0.1) is 0 Å². The van der Waals surface area contributed by atoms with Crippen molar-refractivity contribution in [3.05, 3.63) is 29.8 Å². The van der Waals surface area contributed by atoms with Gasteiger partial charge < -0.3 is 0 Å². The highest BCUT2D eigenvalue weighted by Gasteiger charge is 2.35. The Hall–Kier alpha value is -1.36. The van der Waals surface area contributed by atoms with Gasteiger partial charge in [0.1, 0.15) is 5.84 Å². The number of rotatable bonds is 0. The van der Waals surface area contributed by atoms with E-state index in [0.717, 1.165) is 0 Å². The van der Waals surface area contributed by atoms with Crippen molar-refractivity contribution < 1.29 is 8.42 Å². The largest absolute Gasteiger partial charge is 0.271 e. The molecule has 1 aromatic rings. The fourth-order valence-corrected chi connectivity index (χ4v) is 2.96. The summed E-state index contributed by atoms with van der Waals surface area (Å²) in [7, 11) is -0.245. The van der Waals surface area contributed by atoms with Crippen LogP contribution in [-0.4, -0.2) is 32.7 Å². The van der Waals surface area contributed by atoms with Crippen LogP contribution in [-0.2, 0) is 10.0 Å². The summed E-state index contributed by atoms with van der Waals surface area (Å²) in [5, 5.41) is 0. The number of amidine groups is 1. The first-order valence-electron chi connectivity index (χ1n) is 4.14. The van der Waals surface area contributed by atoms with E-state index in [2.05, 4.69) is 4.99 Å². The molecule has 0 aliphatic carbocycles. The molecule has 0 N–H and O–H groups in total. The van der Waals surface area contributed by atoms with Crippen LogP contribution >= 0.6 is 0 Å². The minimum Gasteiger partial charge on any atom is -0.271 e. The van der Waals surface area contributed by atoms with E-state index < -0.39 is 10.0 Å². The molecule has 0 aromatic heterocycles. The Kier molecular flexibility index (Phi) is 1.85. The van der Waals surface area contributed by atoms with Crippen LogP contribution in [0.4, 0.5) is 0 Å². The summed E-state index contributed by atoms with van der Waals surface area (Å²) in [6.07, 6.45) is 0. The van der Waals surface area contributed by atoms with Gasteiger partial charge in [0, 0.05) is 19.7 Å². The summed E-state index contributed by atoms with van der Waals surface area (Å²) in [6, 6.07) is 6.87. The van der Waals surface area contributed by atoms with Gasteiger partial charge in [0.05, 0.1) is 4.90 Å². The zero-order valence-corrected chi connectivity index (χ0v) is 8.75. The van der Waals surface area contributed by atoms with Crippen LogP contribution in [0.3, 0.4) is 0 Å². The monoisotopic (exact) mass is 210 g/mol. The fourth-order valence-electron chi connectivity index (χ4n) is 1.57. The first kappa shape index (κ1) is 9.21. The predicted octanol–water partition coefficient (Wildman–Crippen LogP) is 0.697. The molecule has 1 aromatic carbocycles. The lowest BCUT2D eigenvalue weighted by Crippen LogP contribution is -2.25. The van der Waals surface area contributed by atoms with Crippen LogP contribution in [0.5, 0.6) is 0 Å². The number of fused-ring (bicyclic) bond motifs is 1. The highest BCUT2D eigenvalue weighted by Crippen LogP contribution is 2.28. The van der Waals surface area contributed by atoms with Crippen LogP contribution in [0.15, 0.2) is 34.2 Å². The lowest BCUT2D eigenvalue weighted by molar-refractivity contribution is 0.559. The molecule has 1 aliphatic rings. The second-order valence-electron chi connectivity index (χ2n) is 3.02. The van der Waals surface area contributed by atoms with Crippen molar-refractivity contribution in [1.82, 2.24) is 4.31 Å². The van der Waals surface area contributed by atoms with E-state index in [1.807, 2.05) is 0 Å². The van der Waals surface area contributed by atoms with Crippen molar-refractivity contribution in [3.8, 4) is 0 Å². The van der Waals surface area contributed by atoms with Crippen LogP contribution in [0.25, 0.3) is 0 Å². The molecule has 0 fully saturated rings. The standard InChI is InChI=1S/C9H10N2O2S/c1-10-9-7-5-3-4-6-8(7)14(12,13)11(9)2/h3-6H,1-2H3. The van der Waals surface area contributed by atoms with E-state index in [1.165, 1.54) is 11.4 Å². The second kappa shape index (κ2) is 2.81. The van der Waals surface area contributed by atoms with Gasteiger partial charge in [0.2, 0.25) is 0 Å². The fraction of sp³-hybridized carbons (Fsp3) is 0.222. The van der Waals surface area contributed by atoms with Crippen molar-refractivity contribution in [2.45, 2.75) is 4.90 Å². The Morgan fingerprint density at radius 1 is 1.29 bits per heavy atom. The first-order valence-corrected chi connectivity index (χ1v) is 5.58. The summed E-state index contributed by atoms with van der Waals surface area (Å²) in [5.74, 6) is 0.501. The van der Waals surface area contributed by atoms with Gasteiger partial charge in [-0.2, -0.15) is 0 Å². The molecule has 0 saturated heterocycles. The third-order valence-corrected chi connectivity index (χ3v) is 4.08. The lowest BCUT2D eigenvalue weighted by Gasteiger charge is -2.09. The number of sulfonamides is 1. The normalized spacial score (nSPS) is 21.3. The first-order chi connectivity index (χ1) is 6.59. The minimum absolute atomic E-state index is 0.336. The van der Waals surface area contributed by atoms with Crippen LogP contribution in [0.2, 0.25) is 0 Å². The smallest absolute Gasteiger partial charge is 0.265 e. The van der Waals surface area contributed by atoms with Gasteiger partial charge >= 0.3 is 0 Å². The van der Waals surface area contributed by atoms with E-state index in [-0.39, 0.29) is 0 Å². The molecular weight excluding hydrogens is 200 g/mol. The zero-order chi connectivity index (χ0) is 10.3. The molecule has 0 saturated carbocycles. The van der Waals surface area contributed by atoms with Gasteiger partial charge in [0.25, 0.3) is 10.0 Å². The highest BCUT2D eigenvalue weighted by molar-refractivity contribution is 7.90. The van der Waals surface area contributed by atoms with Crippen molar-refractivity contribution >= 4 is 15.9 Å². The summed E-state index contributed by atoms with van der Waals surface area (Å²) < 4.78 is 24.8. The zero-order valence-electron chi connectivity index (χ0n) is 7.93. The van der Waals surface area contributed by atoms with E-state index in [4.69, 9.17) is 0 Å². The average Bonchev–Trinajstić information content (AvgIpc) is 2.37. The molecular formula is C9H10N2O2S. The molecule has 5 heteroatoms. The molecule has 0 amide bonds. The number of benzene rings is 1. The topological polar surface area (TPSA) is 49.7 Å². The summed E-state index contributed by atoms with van der Waals surface area (Å²) in [5.41, 5.74) is 0.678. The van der Waals surface area contributed by atoms with Crippen molar-refractivity contribution in [1.29, 1.82) is 0 Å². The molecule has 1 heterocycles. The Balaban J connectivity index is 2.82. The molecule has 74 valence electrons. The SMILES string of the molecule is CN=C1c2ccccc2S(=O)(=O)N1C. The van der Waals surface area contributed by atoms with Crippen molar-refractivity contribution in [2.75, 3.05) is 14.1 Å². The molecule has 1 aliphatic heterocycles. The predicted molar refractivity (Wildman–Crippen MR) is 53.9 cm³/mol. The van der Waals surface area contributed by atoms with E-state index in [1.54, 1.807) is 31.3 Å². The second-order valence-corrected chi connectivity index (χ2v) is 4.95. The third kappa shape index (κ3) is 0.988. The molecule has 4 nitrogen and oxygen atoms in total. The maximum Gasteiger partial charge on any atom is 0.265 e. The van der Waals surface area contributed by atoms with E-state index >= 15 is 0 Å². The Morgan fingerprint density at radius 2 is 1.93 bits per heavy atom. The number of aliphatic imine (C=N–C) groups is 1. The average molecular weight is 210 g/mol. The summed E-state index contributed by atoms with van der Waals surface area (Å²) >= 11 is 0. The van der Waals surface area contributed by atoms with Crippen molar-refractivity contribution in [3.63, 3.8) is 0 Å². The molecule has 0 bridgehead atoms. The van der Waals surface area contributed by atoms with Crippen LogP contribution < -0.4 is 0 Å². The Bertz CT molecular complexity index is 505. The number of nitrogens with zero attached hydrogens (tertiary/aromatic N) is 2. The van der Waals surface area contributed by atoms with Gasteiger partial charge in [-0.15, -0.1) is 0 Å². The third-order valence-electron chi connectivity index (χ3n) is 2.28. The van der Waals surface area contributed by atoms with Crippen molar-refractivity contribution in [2.24, 2.45) is 4.99 Å². The van der Waals surface area contributed by atoms with Gasteiger partial charge in [-0.1, -0.05) is 12.1 Å². The quantitative estimate of drug-likeness (QED) is 0.632. The highest BCUT2D eigenvalue weighted by atomic mass is 32.2. The van der Waals surface area contributed by atoms with Crippen LogP contribution in [0.1, 0.15) is 5.56 Å².